The molecule has 84 heavy (non-hydrogen) atoms. The van der Waals surface area contributed by atoms with Crippen molar-refractivity contribution in [1.82, 2.24) is 0 Å². The van der Waals surface area contributed by atoms with Gasteiger partial charge in [-0.1, -0.05) is 205 Å². The number of para-hydroxylation sites is 3. The zero-order valence-corrected chi connectivity index (χ0v) is 47.9. The maximum absolute atomic E-state index is 7.56. The summed E-state index contributed by atoms with van der Waals surface area (Å²) in [7, 11) is 0. The van der Waals surface area contributed by atoms with Crippen LogP contribution in [0.2, 0.25) is 0 Å². The van der Waals surface area contributed by atoms with Crippen molar-refractivity contribution >= 4 is 111 Å². The average Bonchev–Trinajstić information content (AvgIpc) is 1.51. The van der Waals surface area contributed by atoms with Crippen LogP contribution in [-0.2, 0) is 16.2 Å². The Bertz CT molecular complexity index is 5050. The van der Waals surface area contributed by atoms with Gasteiger partial charge in [0.25, 0.3) is 0 Å². The minimum absolute atomic E-state index is 0.0416. The highest BCUT2D eigenvalue weighted by Crippen LogP contribution is 2.64. The van der Waals surface area contributed by atoms with Crippen molar-refractivity contribution in [3.05, 3.63) is 288 Å². The van der Waals surface area contributed by atoms with Crippen LogP contribution in [0.4, 0.5) is 34.1 Å². The molecule has 0 radical (unpaired) electrons. The quantitative estimate of drug-likeness (QED) is 0.152. The summed E-state index contributed by atoms with van der Waals surface area (Å²) in [6.07, 6.45) is 0. The molecule has 5 nitrogen and oxygen atoms in total. The summed E-state index contributed by atoms with van der Waals surface area (Å²) in [5, 5.41) is 8.66. The van der Waals surface area contributed by atoms with E-state index in [1.165, 1.54) is 11.1 Å². The first kappa shape index (κ1) is 49.7. The van der Waals surface area contributed by atoms with Crippen molar-refractivity contribution in [3.63, 3.8) is 0 Å². The Morgan fingerprint density at radius 1 is 0.298 bits per heavy atom. The van der Waals surface area contributed by atoms with Gasteiger partial charge in [-0.05, 0) is 134 Å². The van der Waals surface area contributed by atoms with E-state index in [2.05, 4.69) is 294 Å². The molecule has 0 aliphatic heterocycles. The van der Waals surface area contributed by atoms with Crippen LogP contribution >= 0.6 is 0 Å². The third kappa shape index (κ3) is 7.47. The second-order valence-corrected chi connectivity index (χ2v) is 24.8. The Morgan fingerprint density at radius 3 is 1.18 bits per heavy atom. The topological polar surface area (TPSA) is 45.9 Å². The molecular weight excluding hydrogens is 1020 g/mol. The second kappa shape index (κ2) is 18.5. The summed E-state index contributed by atoms with van der Waals surface area (Å²) < 4.78 is 21.0. The minimum Gasteiger partial charge on any atom is -0.456 e. The smallest absolute Gasteiger partial charge is 0.145 e. The van der Waals surface area contributed by atoms with Crippen LogP contribution in [0, 0.1) is 0 Å². The molecule has 0 saturated heterocycles. The number of rotatable bonds is 8. The van der Waals surface area contributed by atoms with Crippen molar-refractivity contribution in [2.24, 2.45) is 0 Å². The molecule has 1 aliphatic carbocycles. The molecule has 0 fully saturated rings. The van der Waals surface area contributed by atoms with Crippen molar-refractivity contribution in [3.8, 4) is 11.1 Å². The molecule has 0 atom stereocenters. The predicted molar refractivity (Wildman–Crippen MR) is 350 cm³/mol. The van der Waals surface area contributed by atoms with Gasteiger partial charge in [-0.3, -0.25) is 0 Å². The molecule has 1 aliphatic rings. The van der Waals surface area contributed by atoms with Crippen LogP contribution in [0.1, 0.15) is 74.9 Å². The fourth-order valence-corrected chi connectivity index (χ4v) is 13.8. The first-order valence-electron chi connectivity index (χ1n) is 29.2. The summed E-state index contributed by atoms with van der Waals surface area (Å²) in [5.41, 5.74) is 19.5. The molecule has 3 heterocycles. The largest absolute Gasteiger partial charge is 0.456 e. The number of nitrogens with zero attached hydrogens (tertiary/aromatic N) is 2. The van der Waals surface area contributed by atoms with Gasteiger partial charge >= 0.3 is 0 Å². The number of furan rings is 3. The molecule has 16 rings (SSSR count). The van der Waals surface area contributed by atoms with Crippen LogP contribution in [0.3, 0.4) is 0 Å². The van der Waals surface area contributed by atoms with Crippen LogP contribution in [0.15, 0.2) is 268 Å². The zero-order chi connectivity index (χ0) is 56.6. The number of hydrogen-bond donors (Lipinski definition) is 0. The summed E-state index contributed by atoms with van der Waals surface area (Å²) in [5.74, 6) is 0. The third-order valence-electron chi connectivity index (χ3n) is 17.8. The molecule has 12 aromatic carbocycles. The van der Waals surface area contributed by atoms with Gasteiger partial charge in [-0.15, -0.1) is 0 Å². The van der Waals surface area contributed by atoms with Crippen LogP contribution in [0.25, 0.3) is 87.7 Å². The summed E-state index contributed by atoms with van der Waals surface area (Å²) in [6.45, 7) is 13.7. The maximum Gasteiger partial charge on any atom is 0.145 e. The first-order valence-corrected chi connectivity index (χ1v) is 29.2. The Kier molecular flexibility index (Phi) is 10.9. The number of hydrogen-bond acceptors (Lipinski definition) is 5. The molecular formula is C79H60N2O3. The van der Waals surface area contributed by atoms with Gasteiger partial charge in [-0.25, -0.2) is 0 Å². The SMILES string of the molecule is CC(C)(C)c1ccc(N(c2ccc3c(c2)oc2ccccc23)c2cc3c(c4ccccc24)-c2c(cc(N(c4ccc(C(C)(C)C)cc4)c4ccc5c(c4)oc4ccccc45)c4c2oc2ccccc24)C3(c2ccccc2)c2ccccc2)cc1. The lowest BCUT2D eigenvalue weighted by atomic mass is 9.67. The van der Waals surface area contributed by atoms with Gasteiger partial charge in [0.2, 0.25) is 0 Å². The van der Waals surface area contributed by atoms with E-state index in [-0.39, 0.29) is 10.8 Å². The van der Waals surface area contributed by atoms with E-state index < -0.39 is 5.41 Å². The van der Waals surface area contributed by atoms with Gasteiger partial charge in [-0.2, -0.15) is 0 Å². The molecule has 0 unspecified atom stereocenters. The maximum atomic E-state index is 7.56. The highest BCUT2D eigenvalue weighted by atomic mass is 16.3. The minimum atomic E-state index is -0.886. The van der Waals surface area contributed by atoms with Crippen LogP contribution < -0.4 is 9.80 Å². The number of anilines is 6. The standard InChI is InChI=1S/C79H60N2O3/c1-77(2,3)49-33-37-53(38-34-49)80(55-41-43-60-58-26-15-18-30-68(58)82-71(60)45-55)66-47-64-73(62-28-14-13-25-57(62)66)75-65(79(64,51-21-9-7-10-22-51)52-23-11-8-12-24-52)48-67(74-63-29-17-20-32-70(63)84-76(74)75)81(54-39-35-50(36-40-54)78(4,5)6)56-42-44-61-59-27-16-19-31-69(59)83-72(61)46-56/h7-48H,1-6H3. The van der Waals surface area contributed by atoms with Gasteiger partial charge in [0.05, 0.1) is 22.2 Å². The normalized spacial score (nSPS) is 13.2. The van der Waals surface area contributed by atoms with E-state index in [1.54, 1.807) is 0 Å². The molecule has 0 amide bonds. The Labute approximate surface area is 488 Å². The van der Waals surface area contributed by atoms with E-state index >= 15 is 0 Å². The number of fused-ring (bicyclic) bond motifs is 15. The van der Waals surface area contributed by atoms with Crippen LogP contribution in [0.5, 0.6) is 0 Å². The summed E-state index contributed by atoms with van der Waals surface area (Å²) in [4.78, 5) is 4.89. The average molecular weight is 1090 g/mol. The molecule has 0 N–H and O–H groups in total. The monoisotopic (exact) mass is 1080 g/mol. The Hall–Kier alpha value is -10.1. The Balaban J connectivity index is 1.05. The number of benzene rings is 12. The van der Waals surface area contributed by atoms with E-state index in [9.17, 15) is 0 Å². The fourth-order valence-electron chi connectivity index (χ4n) is 13.8. The summed E-state index contributed by atoms with van der Waals surface area (Å²) >= 11 is 0. The van der Waals surface area contributed by atoms with Crippen molar-refractivity contribution in [1.29, 1.82) is 0 Å². The highest BCUT2D eigenvalue weighted by molar-refractivity contribution is 6.23. The third-order valence-corrected chi connectivity index (χ3v) is 17.8. The van der Waals surface area contributed by atoms with Crippen molar-refractivity contribution in [2.75, 3.05) is 9.80 Å². The van der Waals surface area contributed by atoms with Gasteiger partial charge in [0.1, 0.15) is 33.5 Å². The van der Waals surface area contributed by atoms with E-state index in [0.29, 0.717) is 0 Å². The molecule has 5 heteroatoms. The highest BCUT2D eigenvalue weighted by Gasteiger charge is 2.50. The second-order valence-electron chi connectivity index (χ2n) is 24.8. The van der Waals surface area contributed by atoms with Gasteiger partial charge in [0.15, 0.2) is 0 Å². The molecule has 0 spiro atoms. The van der Waals surface area contributed by atoms with Crippen molar-refractivity contribution < 1.29 is 13.3 Å². The first-order chi connectivity index (χ1) is 40.9. The molecule has 404 valence electrons. The zero-order valence-electron chi connectivity index (χ0n) is 47.9. The van der Waals surface area contributed by atoms with Crippen LogP contribution in [-0.4, -0.2) is 0 Å². The predicted octanol–water partition coefficient (Wildman–Crippen LogP) is 22.4. The molecule has 3 aromatic heterocycles. The fraction of sp³-hybridized carbons (Fsp3) is 0.114. The lowest BCUT2D eigenvalue weighted by molar-refractivity contribution is 0.590. The molecule has 15 aromatic rings. The van der Waals surface area contributed by atoms with E-state index in [0.717, 1.165) is 144 Å². The lowest BCUT2D eigenvalue weighted by Crippen LogP contribution is -2.29. The molecule has 0 bridgehead atoms. The van der Waals surface area contributed by atoms with Crippen molar-refractivity contribution in [2.45, 2.75) is 57.8 Å². The molecule has 0 saturated carbocycles. The van der Waals surface area contributed by atoms with E-state index in [1.807, 2.05) is 12.1 Å². The van der Waals surface area contributed by atoms with Gasteiger partial charge in [0, 0.05) is 72.8 Å². The van der Waals surface area contributed by atoms with E-state index in [4.69, 9.17) is 13.3 Å². The summed E-state index contributed by atoms with van der Waals surface area (Å²) in [6, 6.07) is 93.2. The van der Waals surface area contributed by atoms with Gasteiger partial charge < -0.3 is 23.1 Å². The lowest BCUT2D eigenvalue weighted by Gasteiger charge is -2.36. The Morgan fingerprint density at radius 2 is 0.679 bits per heavy atom.